The van der Waals surface area contributed by atoms with Gasteiger partial charge in [0, 0.05) is 12.1 Å². The summed E-state index contributed by atoms with van der Waals surface area (Å²) in [5, 5.41) is 3.36. The molecule has 1 N–H and O–H groups in total. The number of nitrogens with one attached hydrogen (secondary N) is 1. The Bertz CT molecular complexity index is 633. The first-order valence-corrected chi connectivity index (χ1v) is 7.24. The van der Waals surface area contributed by atoms with E-state index in [9.17, 15) is 4.79 Å². The summed E-state index contributed by atoms with van der Waals surface area (Å²) in [5.41, 5.74) is 4.43. The third-order valence-corrected chi connectivity index (χ3v) is 3.99. The molecular weight excluding hydrogens is 246 g/mol. The van der Waals surface area contributed by atoms with Gasteiger partial charge in [-0.1, -0.05) is 49.4 Å². The van der Waals surface area contributed by atoms with Crippen LogP contribution in [0.15, 0.2) is 48.5 Å². The SMILES string of the molecule is CCc1cccc(C(=O)C2NCCc3ccccc32)c1. The van der Waals surface area contributed by atoms with Gasteiger partial charge in [0.05, 0.1) is 6.04 Å². The predicted molar refractivity (Wildman–Crippen MR) is 81.0 cm³/mol. The first-order valence-electron chi connectivity index (χ1n) is 7.24. The van der Waals surface area contributed by atoms with Crippen LogP contribution in [0.4, 0.5) is 0 Å². The fourth-order valence-corrected chi connectivity index (χ4v) is 2.85. The maximum Gasteiger partial charge on any atom is 0.184 e. The number of Topliss-reactive ketones (excluding diaryl/α,β-unsaturated/α-hetero) is 1. The lowest BCUT2D eigenvalue weighted by molar-refractivity contribution is 0.0939. The normalized spacial score (nSPS) is 17.6. The van der Waals surface area contributed by atoms with Gasteiger partial charge in [-0.25, -0.2) is 0 Å². The van der Waals surface area contributed by atoms with Crippen molar-refractivity contribution in [2.75, 3.05) is 6.54 Å². The molecule has 1 atom stereocenters. The third kappa shape index (κ3) is 2.39. The van der Waals surface area contributed by atoms with Crippen LogP contribution in [0.2, 0.25) is 0 Å². The number of benzene rings is 2. The molecule has 3 rings (SSSR count). The largest absolute Gasteiger partial charge is 0.303 e. The molecule has 0 aliphatic carbocycles. The molecule has 1 aliphatic heterocycles. The van der Waals surface area contributed by atoms with Gasteiger partial charge in [-0.3, -0.25) is 4.79 Å². The highest BCUT2D eigenvalue weighted by Gasteiger charge is 2.26. The number of ketones is 1. The average Bonchev–Trinajstić information content (AvgIpc) is 2.53. The van der Waals surface area contributed by atoms with Gasteiger partial charge in [0.1, 0.15) is 0 Å². The Morgan fingerprint density at radius 3 is 2.90 bits per heavy atom. The minimum absolute atomic E-state index is 0.174. The number of carbonyl (C=O) groups is 1. The summed E-state index contributed by atoms with van der Waals surface area (Å²) in [6.45, 7) is 2.97. The number of hydrogen-bond acceptors (Lipinski definition) is 2. The smallest absolute Gasteiger partial charge is 0.184 e. The molecule has 0 aromatic heterocycles. The van der Waals surface area contributed by atoms with Gasteiger partial charge < -0.3 is 5.32 Å². The van der Waals surface area contributed by atoms with E-state index in [0.717, 1.165) is 30.5 Å². The van der Waals surface area contributed by atoms with Gasteiger partial charge in [-0.05, 0) is 35.6 Å². The van der Waals surface area contributed by atoms with E-state index < -0.39 is 0 Å². The molecule has 2 heteroatoms. The van der Waals surface area contributed by atoms with E-state index in [4.69, 9.17) is 0 Å². The fourth-order valence-electron chi connectivity index (χ4n) is 2.85. The van der Waals surface area contributed by atoms with Crippen LogP contribution in [0.1, 0.15) is 40.0 Å². The lowest BCUT2D eigenvalue weighted by Gasteiger charge is -2.26. The van der Waals surface area contributed by atoms with Crippen molar-refractivity contribution in [1.82, 2.24) is 5.32 Å². The van der Waals surface area contributed by atoms with Gasteiger partial charge in [-0.15, -0.1) is 0 Å². The van der Waals surface area contributed by atoms with Crippen LogP contribution < -0.4 is 5.32 Å². The Hall–Kier alpha value is -1.93. The van der Waals surface area contributed by atoms with Gasteiger partial charge in [0.15, 0.2) is 5.78 Å². The van der Waals surface area contributed by atoms with E-state index >= 15 is 0 Å². The molecule has 0 fully saturated rings. The molecule has 1 heterocycles. The Morgan fingerprint density at radius 2 is 2.05 bits per heavy atom. The summed E-state index contributed by atoms with van der Waals surface area (Å²) in [4.78, 5) is 12.8. The summed E-state index contributed by atoms with van der Waals surface area (Å²) >= 11 is 0. The molecule has 2 nitrogen and oxygen atoms in total. The van der Waals surface area contributed by atoms with E-state index in [1.54, 1.807) is 0 Å². The van der Waals surface area contributed by atoms with Gasteiger partial charge >= 0.3 is 0 Å². The quantitative estimate of drug-likeness (QED) is 0.863. The molecule has 0 bridgehead atoms. The van der Waals surface area contributed by atoms with Crippen LogP contribution in [0.3, 0.4) is 0 Å². The molecule has 1 unspecified atom stereocenters. The number of rotatable bonds is 3. The fraction of sp³-hybridized carbons (Fsp3) is 0.278. The topological polar surface area (TPSA) is 29.1 Å². The van der Waals surface area contributed by atoms with Crippen LogP contribution in [-0.4, -0.2) is 12.3 Å². The van der Waals surface area contributed by atoms with Gasteiger partial charge in [0.25, 0.3) is 0 Å². The Labute approximate surface area is 119 Å². The van der Waals surface area contributed by atoms with Crippen LogP contribution in [0.5, 0.6) is 0 Å². The van der Waals surface area contributed by atoms with Crippen LogP contribution in [0, 0.1) is 0 Å². The second kappa shape index (κ2) is 5.59. The highest BCUT2D eigenvalue weighted by atomic mass is 16.1. The van der Waals surface area contributed by atoms with E-state index in [1.807, 2.05) is 30.3 Å². The second-order valence-corrected chi connectivity index (χ2v) is 5.25. The van der Waals surface area contributed by atoms with E-state index in [1.165, 1.54) is 11.1 Å². The Kier molecular flexibility index (Phi) is 3.66. The van der Waals surface area contributed by atoms with Gasteiger partial charge in [0.2, 0.25) is 0 Å². The summed E-state index contributed by atoms with van der Waals surface area (Å²) in [6.07, 6.45) is 1.95. The van der Waals surface area contributed by atoms with Crippen molar-refractivity contribution in [3.63, 3.8) is 0 Å². The molecule has 0 radical (unpaired) electrons. The lowest BCUT2D eigenvalue weighted by Crippen LogP contribution is -2.35. The average molecular weight is 265 g/mol. The molecule has 0 spiro atoms. The van der Waals surface area contributed by atoms with Gasteiger partial charge in [-0.2, -0.15) is 0 Å². The van der Waals surface area contributed by atoms with Crippen molar-refractivity contribution in [3.05, 3.63) is 70.8 Å². The Morgan fingerprint density at radius 1 is 1.20 bits per heavy atom. The summed E-state index contributed by atoms with van der Waals surface area (Å²) in [7, 11) is 0. The van der Waals surface area contributed by atoms with Crippen molar-refractivity contribution in [1.29, 1.82) is 0 Å². The summed E-state index contributed by atoms with van der Waals surface area (Å²) in [6, 6.07) is 16.0. The second-order valence-electron chi connectivity index (χ2n) is 5.25. The number of fused-ring (bicyclic) bond motifs is 1. The number of aryl methyl sites for hydroxylation is 1. The minimum Gasteiger partial charge on any atom is -0.303 e. The van der Waals surface area contributed by atoms with Crippen LogP contribution in [-0.2, 0) is 12.8 Å². The monoisotopic (exact) mass is 265 g/mol. The molecule has 2 aromatic carbocycles. The molecule has 2 aromatic rings. The zero-order chi connectivity index (χ0) is 13.9. The first-order chi connectivity index (χ1) is 9.79. The maximum atomic E-state index is 12.8. The summed E-state index contributed by atoms with van der Waals surface area (Å²) in [5.74, 6) is 0.174. The van der Waals surface area contributed by atoms with Crippen molar-refractivity contribution < 1.29 is 4.79 Å². The molecule has 0 amide bonds. The minimum atomic E-state index is -0.202. The zero-order valence-corrected chi connectivity index (χ0v) is 11.7. The van der Waals surface area contributed by atoms with Crippen molar-refractivity contribution >= 4 is 5.78 Å². The molecular formula is C18H19NO. The molecule has 0 saturated carbocycles. The summed E-state index contributed by atoms with van der Waals surface area (Å²) < 4.78 is 0. The van der Waals surface area contributed by atoms with E-state index in [-0.39, 0.29) is 11.8 Å². The third-order valence-electron chi connectivity index (χ3n) is 3.99. The highest BCUT2D eigenvalue weighted by molar-refractivity contribution is 6.01. The predicted octanol–water partition coefficient (Wildman–Crippen LogP) is 3.32. The lowest BCUT2D eigenvalue weighted by atomic mass is 9.89. The molecule has 102 valence electrons. The maximum absolute atomic E-state index is 12.8. The number of carbonyl (C=O) groups excluding carboxylic acids is 1. The zero-order valence-electron chi connectivity index (χ0n) is 11.7. The first kappa shape index (κ1) is 13.1. The van der Waals surface area contributed by atoms with Crippen molar-refractivity contribution in [3.8, 4) is 0 Å². The van der Waals surface area contributed by atoms with Crippen LogP contribution >= 0.6 is 0 Å². The van der Waals surface area contributed by atoms with E-state index in [0.29, 0.717) is 0 Å². The molecule has 20 heavy (non-hydrogen) atoms. The van der Waals surface area contributed by atoms with E-state index in [2.05, 4.69) is 30.4 Å². The van der Waals surface area contributed by atoms with Crippen LogP contribution in [0.25, 0.3) is 0 Å². The molecule has 0 saturated heterocycles. The standard InChI is InChI=1S/C18H19NO/c1-2-13-6-5-8-15(12-13)18(20)17-16-9-4-3-7-14(16)10-11-19-17/h3-9,12,17,19H,2,10-11H2,1H3. The van der Waals surface area contributed by atoms with Crippen molar-refractivity contribution in [2.24, 2.45) is 0 Å². The van der Waals surface area contributed by atoms with Crippen molar-refractivity contribution in [2.45, 2.75) is 25.8 Å². The number of hydrogen-bond donors (Lipinski definition) is 1. The molecule has 1 aliphatic rings. The highest BCUT2D eigenvalue weighted by Crippen LogP contribution is 2.26. The Balaban J connectivity index is 1.95.